The predicted octanol–water partition coefficient (Wildman–Crippen LogP) is 3.76. The van der Waals surface area contributed by atoms with Crippen molar-refractivity contribution in [2.75, 3.05) is 11.9 Å². The zero-order valence-electron chi connectivity index (χ0n) is 17.8. The molecule has 3 atom stereocenters. The van der Waals surface area contributed by atoms with Gasteiger partial charge in [-0.1, -0.05) is 28.1 Å². The topological polar surface area (TPSA) is 88.2 Å². The zero-order valence-corrected chi connectivity index (χ0v) is 19.4. The van der Waals surface area contributed by atoms with Crippen molar-refractivity contribution >= 4 is 38.7 Å². The van der Waals surface area contributed by atoms with E-state index >= 15 is 0 Å². The van der Waals surface area contributed by atoms with E-state index in [9.17, 15) is 4.79 Å². The van der Waals surface area contributed by atoms with E-state index in [-0.39, 0.29) is 17.9 Å². The standard InChI is InChI=1S/C23H26BrN5O2/c1-4-31-17-9-10-20-18(12-17)13(2)25-22(27-20)29-23-26-14(3)19(21(30)28-23)11-15-5-7-16(24)8-6-15/h5-10,12,14,19,23,26H,4,11H2,1-3H3,(H,28,30)(H,25,27,29). The van der Waals surface area contributed by atoms with E-state index in [1.165, 1.54) is 0 Å². The van der Waals surface area contributed by atoms with Gasteiger partial charge in [0.05, 0.1) is 23.7 Å². The van der Waals surface area contributed by atoms with Gasteiger partial charge in [-0.3, -0.25) is 10.1 Å². The van der Waals surface area contributed by atoms with Crippen LogP contribution in [-0.2, 0) is 11.2 Å². The van der Waals surface area contributed by atoms with E-state index in [0.29, 0.717) is 19.0 Å². The molecule has 0 aliphatic carbocycles. The number of carbonyl (C=O) groups is 1. The van der Waals surface area contributed by atoms with Crippen molar-refractivity contribution in [3.63, 3.8) is 0 Å². The lowest BCUT2D eigenvalue weighted by Crippen LogP contribution is -2.63. The van der Waals surface area contributed by atoms with E-state index in [4.69, 9.17) is 4.74 Å². The summed E-state index contributed by atoms with van der Waals surface area (Å²) in [5.74, 6) is 1.11. The van der Waals surface area contributed by atoms with E-state index < -0.39 is 6.29 Å². The summed E-state index contributed by atoms with van der Waals surface area (Å²) in [5.41, 5.74) is 2.79. The Morgan fingerprint density at radius 1 is 1.16 bits per heavy atom. The number of nitrogens with one attached hydrogen (secondary N) is 3. The summed E-state index contributed by atoms with van der Waals surface area (Å²) in [5, 5.41) is 10.6. The number of carbonyl (C=O) groups excluding carboxylic acids is 1. The number of hydrogen-bond acceptors (Lipinski definition) is 6. The molecule has 3 N–H and O–H groups in total. The van der Waals surface area contributed by atoms with Crippen LogP contribution in [0.5, 0.6) is 5.75 Å². The van der Waals surface area contributed by atoms with Crippen molar-refractivity contribution in [2.24, 2.45) is 5.92 Å². The fraction of sp³-hybridized carbons (Fsp3) is 0.348. The number of amides is 1. The monoisotopic (exact) mass is 483 g/mol. The summed E-state index contributed by atoms with van der Waals surface area (Å²) in [7, 11) is 0. The maximum atomic E-state index is 12.8. The first kappa shape index (κ1) is 21.5. The Kier molecular flexibility index (Phi) is 6.38. The highest BCUT2D eigenvalue weighted by Crippen LogP contribution is 2.24. The molecular formula is C23H26BrN5O2. The molecule has 0 saturated carbocycles. The van der Waals surface area contributed by atoms with Crippen LogP contribution in [0.25, 0.3) is 10.9 Å². The number of halogens is 1. The summed E-state index contributed by atoms with van der Waals surface area (Å²) < 4.78 is 6.60. The van der Waals surface area contributed by atoms with Crippen LogP contribution < -0.4 is 20.7 Å². The van der Waals surface area contributed by atoms with Crippen molar-refractivity contribution in [3.8, 4) is 5.75 Å². The lowest BCUT2D eigenvalue weighted by atomic mass is 9.91. The number of anilines is 1. The van der Waals surface area contributed by atoms with Crippen LogP contribution in [0.4, 0.5) is 5.95 Å². The number of hydrogen-bond donors (Lipinski definition) is 3. The molecule has 4 rings (SSSR count). The molecule has 2 heterocycles. The van der Waals surface area contributed by atoms with Gasteiger partial charge in [0, 0.05) is 15.9 Å². The molecule has 1 aliphatic rings. The molecule has 1 saturated heterocycles. The smallest absolute Gasteiger partial charge is 0.227 e. The Labute approximate surface area is 190 Å². The minimum Gasteiger partial charge on any atom is -0.494 e. The Balaban J connectivity index is 1.45. The third-order valence-electron chi connectivity index (χ3n) is 5.47. The molecular weight excluding hydrogens is 458 g/mol. The van der Waals surface area contributed by atoms with Crippen LogP contribution in [0.2, 0.25) is 0 Å². The highest BCUT2D eigenvalue weighted by Gasteiger charge is 2.33. The molecule has 1 amide bonds. The number of ether oxygens (including phenoxy) is 1. The highest BCUT2D eigenvalue weighted by atomic mass is 79.9. The van der Waals surface area contributed by atoms with Gasteiger partial charge in [0.15, 0.2) is 6.29 Å². The molecule has 0 spiro atoms. The van der Waals surface area contributed by atoms with Gasteiger partial charge in [0.2, 0.25) is 11.9 Å². The molecule has 0 radical (unpaired) electrons. The fourth-order valence-electron chi connectivity index (χ4n) is 3.83. The molecule has 3 unspecified atom stereocenters. The van der Waals surface area contributed by atoms with Crippen LogP contribution in [0.3, 0.4) is 0 Å². The second kappa shape index (κ2) is 9.20. The Morgan fingerprint density at radius 3 is 2.65 bits per heavy atom. The van der Waals surface area contributed by atoms with Crippen molar-refractivity contribution in [2.45, 2.75) is 39.5 Å². The van der Waals surface area contributed by atoms with Crippen LogP contribution >= 0.6 is 15.9 Å². The average Bonchev–Trinajstić information content (AvgIpc) is 2.73. The second-order valence-electron chi connectivity index (χ2n) is 7.72. The summed E-state index contributed by atoms with van der Waals surface area (Å²) >= 11 is 3.45. The molecule has 0 bridgehead atoms. The third-order valence-corrected chi connectivity index (χ3v) is 6.00. The SMILES string of the molecule is CCOc1ccc2nc(NC3NC(=O)C(Cc4ccc(Br)cc4)C(C)N3)nc(C)c2c1. The summed E-state index contributed by atoms with van der Waals surface area (Å²) in [6.07, 6.45) is 0.233. The Hall–Kier alpha value is -2.71. The molecule has 8 heteroatoms. The first-order valence-corrected chi connectivity index (χ1v) is 11.2. The van der Waals surface area contributed by atoms with Crippen LogP contribution in [-0.4, -0.2) is 34.8 Å². The number of aromatic nitrogens is 2. The largest absolute Gasteiger partial charge is 0.494 e. The number of benzene rings is 2. The Bertz CT molecular complexity index is 1090. The van der Waals surface area contributed by atoms with Gasteiger partial charge in [0.25, 0.3) is 0 Å². The van der Waals surface area contributed by atoms with Gasteiger partial charge in [-0.05, 0) is 63.1 Å². The molecule has 31 heavy (non-hydrogen) atoms. The highest BCUT2D eigenvalue weighted by molar-refractivity contribution is 9.10. The van der Waals surface area contributed by atoms with E-state index in [2.05, 4.69) is 41.8 Å². The predicted molar refractivity (Wildman–Crippen MR) is 125 cm³/mol. The quantitative estimate of drug-likeness (QED) is 0.494. The summed E-state index contributed by atoms with van der Waals surface area (Å²) in [6.45, 7) is 6.53. The van der Waals surface area contributed by atoms with Crippen molar-refractivity contribution in [1.82, 2.24) is 20.6 Å². The lowest BCUT2D eigenvalue weighted by Gasteiger charge is -2.36. The second-order valence-corrected chi connectivity index (χ2v) is 8.64. The van der Waals surface area contributed by atoms with Crippen molar-refractivity contribution in [1.29, 1.82) is 0 Å². The minimum absolute atomic E-state index is 0.00513. The molecule has 1 aliphatic heterocycles. The van der Waals surface area contributed by atoms with Gasteiger partial charge in [0.1, 0.15) is 5.75 Å². The lowest BCUT2D eigenvalue weighted by molar-refractivity contribution is -0.128. The van der Waals surface area contributed by atoms with Gasteiger partial charge >= 0.3 is 0 Å². The zero-order chi connectivity index (χ0) is 22.0. The van der Waals surface area contributed by atoms with E-state index in [0.717, 1.165) is 32.4 Å². The molecule has 162 valence electrons. The number of nitrogens with zero attached hydrogens (tertiary/aromatic N) is 2. The summed E-state index contributed by atoms with van der Waals surface area (Å²) in [6, 6.07) is 13.8. The van der Waals surface area contributed by atoms with Crippen molar-refractivity contribution in [3.05, 3.63) is 58.2 Å². The first-order chi connectivity index (χ1) is 14.9. The van der Waals surface area contributed by atoms with Gasteiger partial charge in [-0.2, -0.15) is 0 Å². The van der Waals surface area contributed by atoms with E-state index in [1.54, 1.807) is 0 Å². The molecule has 7 nitrogen and oxygen atoms in total. The van der Waals surface area contributed by atoms with E-state index in [1.807, 2.05) is 63.2 Å². The molecule has 3 aromatic rings. The van der Waals surface area contributed by atoms with Crippen molar-refractivity contribution < 1.29 is 9.53 Å². The van der Waals surface area contributed by atoms with Crippen LogP contribution in [0.15, 0.2) is 46.9 Å². The third kappa shape index (κ3) is 4.97. The number of aryl methyl sites for hydroxylation is 1. The Morgan fingerprint density at radius 2 is 1.94 bits per heavy atom. The fourth-order valence-corrected chi connectivity index (χ4v) is 4.09. The number of fused-ring (bicyclic) bond motifs is 1. The first-order valence-electron chi connectivity index (χ1n) is 10.4. The van der Waals surface area contributed by atoms with Crippen LogP contribution in [0, 0.1) is 12.8 Å². The minimum atomic E-state index is -0.441. The average molecular weight is 484 g/mol. The molecule has 1 fully saturated rings. The maximum Gasteiger partial charge on any atom is 0.227 e. The molecule has 1 aromatic heterocycles. The maximum absolute atomic E-state index is 12.8. The molecule has 2 aromatic carbocycles. The van der Waals surface area contributed by atoms with Gasteiger partial charge < -0.3 is 15.4 Å². The number of rotatable bonds is 6. The normalized spacial score (nSPS) is 21.0. The van der Waals surface area contributed by atoms with Gasteiger partial charge in [-0.15, -0.1) is 0 Å². The van der Waals surface area contributed by atoms with Crippen LogP contribution in [0.1, 0.15) is 25.1 Å². The van der Waals surface area contributed by atoms with Gasteiger partial charge in [-0.25, -0.2) is 9.97 Å². The summed E-state index contributed by atoms with van der Waals surface area (Å²) in [4.78, 5) is 22.0.